The number of anilines is 6. The summed E-state index contributed by atoms with van der Waals surface area (Å²) in [6.07, 6.45) is 1.47. The molecule has 0 aliphatic carbocycles. The van der Waals surface area contributed by atoms with Crippen LogP contribution in [-0.2, 0) is 0 Å². The van der Waals surface area contributed by atoms with Crippen LogP contribution in [0.4, 0.5) is 40.6 Å². The van der Waals surface area contributed by atoms with E-state index < -0.39 is 4.92 Å². The van der Waals surface area contributed by atoms with Crippen molar-refractivity contribution in [1.82, 2.24) is 15.0 Å². The summed E-state index contributed by atoms with van der Waals surface area (Å²) in [6.45, 7) is 0. The van der Waals surface area contributed by atoms with Crippen LogP contribution in [0.25, 0.3) is 10.8 Å². The van der Waals surface area contributed by atoms with Gasteiger partial charge < -0.3 is 5.32 Å². The van der Waals surface area contributed by atoms with Gasteiger partial charge in [0.1, 0.15) is 0 Å². The van der Waals surface area contributed by atoms with E-state index in [-0.39, 0.29) is 11.6 Å². The molecule has 6 rings (SSSR count). The van der Waals surface area contributed by atoms with Gasteiger partial charge in [-0.05, 0) is 35.7 Å². The standard InChI is InChI=1S/C32H24N8O2/c41-40(42)27-18-9-11-23(21-27)22-33-38-31-35-30(34-29-20-10-13-24-12-7-8-19-28(24)29)36-32(37-31)39(25-14-3-1-4-15-25)26-16-5-2-6-17-26/h1-22H,(H2,34,35,36,37,38)/b33-22-. The third kappa shape index (κ3) is 5.87. The SMILES string of the molecule is O=[N+]([O-])c1cccc(/C=N\Nc2nc(Nc3cccc4ccccc34)nc(N(c3ccccc3)c3ccccc3)n2)c1. The van der Waals surface area contributed by atoms with Gasteiger partial charge in [-0.15, -0.1) is 0 Å². The molecule has 0 aliphatic heterocycles. The summed E-state index contributed by atoms with van der Waals surface area (Å²) < 4.78 is 0. The molecule has 1 aromatic heterocycles. The molecular formula is C32H24N8O2. The number of rotatable bonds is 9. The lowest BCUT2D eigenvalue weighted by molar-refractivity contribution is -0.384. The minimum atomic E-state index is -0.448. The zero-order valence-electron chi connectivity index (χ0n) is 22.2. The molecule has 2 N–H and O–H groups in total. The Balaban J connectivity index is 1.42. The second kappa shape index (κ2) is 11.9. The van der Waals surface area contributed by atoms with Crippen LogP contribution in [0, 0.1) is 10.1 Å². The Labute approximate surface area is 241 Å². The van der Waals surface area contributed by atoms with Gasteiger partial charge in [0.25, 0.3) is 5.69 Å². The number of hydrogen-bond donors (Lipinski definition) is 2. The molecule has 42 heavy (non-hydrogen) atoms. The first-order valence-electron chi connectivity index (χ1n) is 13.1. The number of aromatic nitrogens is 3. The number of nitrogens with one attached hydrogen (secondary N) is 2. The predicted molar refractivity (Wildman–Crippen MR) is 166 cm³/mol. The van der Waals surface area contributed by atoms with E-state index in [0.717, 1.165) is 27.8 Å². The molecule has 0 bridgehead atoms. The fourth-order valence-corrected chi connectivity index (χ4v) is 4.44. The molecular weight excluding hydrogens is 528 g/mol. The number of hydrazone groups is 1. The maximum absolute atomic E-state index is 11.2. The van der Waals surface area contributed by atoms with Crippen molar-refractivity contribution in [3.8, 4) is 0 Å². The predicted octanol–water partition coefficient (Wildman–Crippen LogP) is 7.59. The van der Waals surface area contributed by atoms with E-state index in [0.29, 0.717) is 17.5 Å². The first-order chi connectivity index (χ1) is 20.6. The van der Waals surface area contributed by atoms with Gasteiger partial charge in [-0.2, -0.15) is 20.1 Å². The fourth-order valence-electron chi connectivity index (χ4n) is 4.44. The van der Waals surface area contributed by atoms with Crippen molar-refractivity contribution >= 4 is 57.6 Å². The van der Waals surface area contributed by atoms with E-state index in [4.69, 9.17) is 9.97 Å². The summed E-state index contributed by atoms with van der Waals surface area (Å²) >= 11 is 0. The smallest absolute Gasteiger partial charge is 0.270 e. The van der Waals surface area contributed by atoms with E-state index in [9.17, 15) is 10.1 Å². The van der Waals surface area contributed by atoms with Crippen LogP contribution in [0.2, 0.25) is 0 Å². The molecule has 0 unspecified atom stereocenters. The van der Waals surface area contributed by atoms with Crippen LogP contribution in [0.15, 0.2) is 132 Å². The molecule has 0 fully saturated rings. The van der Waals surface area contributed by atoms with E-state index in [1.165, 1.54) is 18.3 Å². The average Bonchev–Trinajstić information content (AvgIpc) is 3.03. The van der Waals surface area contributed by atoms with Gasteiger partial charge in [0.05, 0.1) is 11.1 Å². The van der Waals surface area contributed by atoms with Crippen LogP contribution in [0.5, 0.6) is 0 Å². The van der Waals surface area contributed by atoms with Crippen molar-refractivity contribution in [2.75, 3.05) is 15.6 Å². The molecule has 0 radical (unpaired) electrons. The van der Waals surface area contributed by atoms with Crippen LogP contribution >= 0.6 is 0 Å². The van der Waals surface area contributed by atoms with Crippen LogP contribution < -0.4 is 15.6 Å². The van der Waals surface area contributed by atoms with Gasteiger partial charge in [0.2, 0.25) is 17.8 Å². The van der Waals surface area contributed by atoms with E-state index >= 15 is 0 Å². The minimum Gasteiger partial charge on any atom is -0.323 e. The summed E-state index contributed by atoms with van der Waals surface area (Å²) in [5.41, 5.74) is 5.95. The summed E-state index contributed by atoms with van der Waals surface area (Å²) in [5, 5.41) is 20.9. The molecule has 204 valence electrons. The molecule has 0 amide bonds. The largest absolute Gasteiger partial charge is 0.323 e. The topological polar surface area (TPSA) is 121 Å². The number of benzene rings is 5. The highest BCUT2D eigenvalue weighted by atomic mass is 16.6. The average molecular weight is 553 g/mol. The highest BCUT2D eigenvalue weighted by Gasteiger charge is 2.18. The maximum Gasteiger partial charge on any atom is 0.270 e. The fraction of sp³-hybridized carbons (Fsp3) is 0. The molecule has 0 spiro atoms. The first kappa shape index (κ1) is 26.1. The lowest BCUT2D eigenvalue weighted by atomic mass is 10.1. The third-order valence-corrected chi connectivity index (χ3v) is 6.35. The Bertz CT molecular complexity index is 1840. The molecule has 10 nitrogen and oxygen atoms in total. The first-order valence-corrected chi connectivity index (χ1v) is 13.1. The van der Waals surface area contributed by atoms with Crippen molar-refractivity contribution in [1.29, 1.82) is 0 Å². The van der Waals surface area contributed by atoms with Crippen molar-refractivity contribution < 1.29 is 4.92 Å². The molecule has 0 atom stereocenters. The molecule has 0 aliphatic rings. The zero-order chi connectivity index (χ0) is 28.7. The minimum absolute atomic E-state index is 0.0238. The highest BCUT2D eigenvalue weighted by molar-refractivity contribution is 5.95. The van der Waals surface area contributed by atoms with Gasteiger partial charge in [-0.25, -0.2) is 5.43 Å². The molecule has 6 aromatic rings. The van der Waals surface area contributed by atoms with Crippen LogP contribution in [-0.4, -0.2) is 26.1 Å². The monoisotopic (exact) mass is 552 g/mol. The Kier molecular flexibility index (Phi) is 7.41. The second-order valence-corrected chi connectivity index (χ2v) is 9.16. The van der Waals surface area contributed by atoms with Gasteiger partial charge >= 0.3 is 0 Å². The van der Waals surface area contributed by atoms with Crippen LogP contribution in [0.1, 0.15) is 5.56 Å². The Hall–Kier alpha value is -6.16. The van der Waals surface area contributed by atoms with Crippen molar-refractivity contribution in [3.05, 3.63) is 143 Å². The Morgan fingerprint density at radius 1 is 0.714 bits per heavy atom. The summed E-state index contributed by atoms with van der Waals surface area (Å²) in [7, 11) is 0. The second-order valence-electron chi connectivity index (χ2n) is 9.16. The van der Waals surface area contributed by atoms with Crippen LogP contribution in [0.3, 0.4) is 0 Å². The number of nitro groups is 1. The van der Waals surface area contributed by atoms with E-state index in [1.807, 2.05) is 108 Å². The van der Waals surface area contributed by atoms with Gasteiger partial charge in [-0.1, -0.05) is 84.9 Å². The highest BCUT2D eigenvalue weighted by Crippen LogP contribution is 2.33. The van der Waals surface area contributed by atoms with Gasteiger partial charge in [0, 0.05) is 40.1 Å². The van der Waals surface area contributed by atoms with E-state index in [2.05, 4.69) is 20.8 Å². The number of para-hydroxylation sites is 2. The van der Waals surface area contributed by atoms with Gasteiger partial charge in [-0.3, -0.25) is 15.0 Å². The van der Waals surface area contributed by atoms with E-state index in [1.54, 1.807) is 12.1 Å². The lowest BCUT2D eigenvalue weighted by Gasteiger charge is -2.23. The molecule has 0 saturated heterocycles. The quantitative estimate of drug-likeness (QED) is 0.107. The lowest BCUT2D eigenvalue weighted by Crippen LogP contribution is -2.16. The third-order valence-electron chi connectivity index (χ3n) is 6.35. The molecule has 5 aromatic carbocycles. The van der Waals surface area contributed by atoms with Crippen molar-refractivity contribution in [2.24, 2.45) is 5.10 Å². The molecule has 0 saturated carbocycles. The summed E-state index contributed by atoms with van der Waals surface area (Å²) in [4.78, 5) is 26.7. The maximum atomic E-state index is 11.2. The van der Waals surface area contributed by atoms with Gasteiger partial charge in [0.15, 0.2) is 0 Å². The Morgan fingerprint density at radius 2 is 1.36 bits per heavy atom. The summed E-state index contributed by atoms with van der Waals surface area (Å²) in [6, 6.07) is 39.8. The molecule has 10 heteroatoms. The van der Waals surface area contributed by atoms with Crippen molar-refractivity contribution in [2.45, 2.75) is 0 Å². The number of non-ortho nitro benzene ring substituents is 1. The Morgan fingerprint density at radius 3 is 2.10 bits per heavy atom. The van der Waals surface area contributed by atoms with Crippen molar-refractivity contribution in [3.63, 3.8) is 0 Å². The number of nitro benzene ring substituents is 1. The zero-order valence-corrected chi connectivity index (χ0v) is 22.2. The normalized spacial score (nSPS) is 11.0. The number of fused-ring (bicyclic) bond motifs is 1. The molecule has 1 heterocycles. The number of hydrogen-bond acceptors (Lipinski definition) is 9. The number of nitrogens with zero attached hydrogens (tertiary/aromatic N) is 6. The summed E-state index contributed by atoms with van der Waals surface area (Å²) in [5.74, 6) is 0.848.